The summed E-state index contributed by atoms with van der Waals surface area (Å²) >= 11 is 0. The quantitative estimate of drug-likeness (QED) is 0.865. The molecule has 0 saturated heterocycles. The molecule has 0 unspecified atom stereocenters. The summed E-state index contributed by atoms with van der Waals surface area (Å²) in [5.74, 6) is -0.932. The Labute approximate surface area is 123 Å². The first-order chi connectivity index (χ1) is 9.93. The largest absolute Gasteiger partial charge is 0.507 e. The highest BCUT2D eigenvalue weighted by molar-refractivity contribution is 6.00. The molecular weight excluding hydrogens is 271 g/mol. The van der Waals surface area contributed by atoms with Crippen molar-refractivity contribution in [3.05, 3.63) is 53.3 Å². The van der Waals surface area contributed by atoms with Gasteiger partial charge in [0.1, 0.15) is 17.1 Å². The number of hydrogen-bond donors (Lipinski definition) is 1. The monoisotopic (exact) mass is 288 g/mol. The third kappa shape index (κ3) is 3.05. The van der Waals surface area contributed by atoms with Gasteiger partial charge in [-0.15, -0.1) is 0 Å². The summed E-state index contributed by atoms with van der Waals surface area (Å²) in [6.07, 6.45) is 0. The lowest BCUT2D eigenvalue weighted by molar-refractivity contribution is 0.0598. The van der Waals surface area contributed by atoms with E-state index in [-0.39, 0.29) is 23.0 Å². The number of halogens is 1. The van der Waals surface area contributed by atoms with Gasteiger partial charge < -0.3 is 9.84 Å². The van der Waals surface area contributed by atoms with Gasteiger partial charge in [0.15, 0.2) is 0 Å². The van der Waals surface area contributed by atoms with E-state index in [1.807, 2.05) is 19.9 Å². The average molecular weight is 288 g/mol. The van der Waals surface area contributed by atoms with Crippen molar-refractivity contribution in [2.75, 3.05) is 7.11 Å². The number of carbonyl (C=O) groups is 1. The van der Waals surface area contributed by atoms with E-state index in [1.54, 1.807) is 18.2 Å². The van der Waals surface area contributed by atoms with Gasteiger partial charge in [0.2, 0.25) is 0 Å². The molecule has 0 saturated carbocycles. The lowest BCUT2D eigenvalue weighted by Gasteiger charge is -2.14. The van der Waals surface area contributed by atoms with Gasteiger partial charge in [0.25, 0.3) is 0 Å². The number of esters is 1. The highest BCUT2D eigenvalue weighted by Crippen LogP contribution is 2.34. The minimum Gasteiger partial charge on any atom is -0.507 e. The van der Waals surface area contributed by atoms with Crippen LogP contribution in [-0.2, 0) is 4.74 Å². The molecule has 0 fully saturated rings. The van der Waals surface area contributed by atoms with Gasteiger partial charge in [-0.3, -0.25) is 0 Å². The Morgan fingerprint density at radius 3 is 2.33 bits per heavy atom. The molecule has 0 bridgehead atoms. The van der Waals surface area contributed by atoms with Crippen LogP contribution in [0.4, 0.5) is 4.39 Å². The van der Waals surface area contributed by atoms with Crippen LogP contribution in [0.25, 0.3) is 11.1 Å². The first-order valence-corrected chi connectivity index (χ1v) is 6.65. The molecule has 2 aromatic rings. The second-order valence-corrected chi connectivity index (χ2v) is 5.12. The molecule has 0 spiro atoms. The van der Waals surface area contributed by atoms with Gasteiger partial charge >= 0.3 is 5.97 Å². The molecule has 110 valence electrons. The van der Waals surface area contributed by atoms with Crippen LogP contribution in [0.3, 0.4) is 0 Å². The minimum absolute atomic E-state index is 0.0912. The molecule has 0 aliphatic rings. The minimum atomic E-state index is -0.623. The van der Waals surface area contributed by atoms with Gasteiger partial charge in [0.05, 0.1) is 7.11 Å². The summed E-state index contributed by atoms with van der Waals surface area (Å²) in [6, 6.07) is 9.15. The van der Waals surface area contributed by atoms with E-state index in [1.165, 1.54) is 19.2 Å². The zero-order valence-electron chi connectivity index (χ0n) is 12.2. The number of aromatic hydroxyl groups is 1. The SMILES string of the molecule is COC(=O)c1c(O)cc(C(C)C)cc1-c1ccc(F)cc1. The van der Waals surface area contributed by atoms with E-state index in [4.69, 9.17) is 4.74 Å². The number of rotatable bonds is 3. The Bertz CT molecular complexity index is 660. The van der Waals surface area contributed by atoms with E-state index in [2.05, 4.69) is 0 Å². The first kappa shape index (κ1) is 15.0. The first-order valence-electron chi connectivity index (χ1n) is 6.65. The molecule has 0 heterocycles. The Morgan fingerprint density at radius 1 is 1.19 bits per heavy atom. The topological polar surface area (TPSA) is 46.5 Å². The third-order valence-corrected chi connectivity index (χ3v) is 3.35. The van der Waals surface area contributed by atoms with Crippen LogP contribution >= 0.6 is 0 Å². The molecule has 2 aromatic carbocycles. The van der Waals surface area contributed by atoms with E-state index in [0.717, 1.165) is 5.56 Å². The van der Waals surface area contributed by atoms with Crippen LogP contribution in [0.1, 0.15) is 35.7 Å². The number of benzene rings is 2. The second kappa shape index (κ2) is 5.95. The Hall–Kier alpha value is -2.36. The van der Waals surface area contributed by atoms with Gasteiger partial charge in [-0.1, -0.05) is 26.0 Å². The number of methoxy groups -OCH3 is 1. The molecule has 0 aliphatic heterocycles. The highest BCUT2D eigenvalue weighted by atomic mass is 19.1. The standard InChI is InChI=1S/C17H17FO3/c1-10(2)12-8-14(11-4-6-13(18)7-5-11)16(15(19)9-12)17(20)21-3/h4-10,19H,1-3H3. The number of carbonyl (C=O) groups excluding carboxylic acids is 1. The van der Waals surface area contributed by atoms with Crippen molar-refractivity contribution < 1.29 is 19.0 Å². The molecule has 0 aliphatic carbocycles. The van der Waals surface area contributed by atoms with Crippen molar-refractivity contribution in [2.45, 2.75) is 19.8 Å². The molecule has 0 aromatic heterocycles. The average Bonchev–Trinajstić information content (AvgIpc) is 2.46. The maximum absolute atomic E-state index is 13.1. The molecule has 0 atom stereocenters. The number of ether oxygens (including phenoxy) is 1. The maximum atomic E-state index is 13.1. The van der Waals surface area contributed by atoms with E-state index < -0.39 is 5.97 Å². The number of hydrogen-bond acceptors (Lipinski definition) is 3. The fourth-order valence-corrected chi connectivity index (χ4v) is 2.16. The summed E-state index contributed by atoms with van der Waals surface area (Å²) < 4.78 is 17.8. The molecule has 3 nitrogen and oxygen atoms in total. The highest BCUT2D eigenvalue weighted by Gasteiger charge is 2.20. The van der Waals surface area contributed by atoms with Crippen molar-refractivity contribution in [2.24, 2.45) is 0 Å². The lowest BCUT2D eigenvalue weighted by Crippen LogP contribution is -2.05. The number of phenols is 1. The van der Waals surface area contributed by atoms with Crippen molar-refractivity contribution in [1.82, 2.24) is 0 Å². The molecule has 2 rings (SSSR count). The summed E-state index contributed by atoms with van der Waals surface area (Å²) in [4.78, 5) is 11.9. The van der Waals surface area contributed by atoms with Crippen LogP contribution in [-0.4, -0.2) is 18.2 Å². The van der Waals surface area contributed by atoms with Crippen LogP contribution in [0.5, 0.6) is 5.75 Å². The number of phenolic OH excluding ortho intramolecular Hbond substituents is 1. The fourth-order valence-electron chi connectivity index (χ4n) is 2.16. The summed E-state index contributed by atoms with van der Waals surface area (Å²) in [6.45, 7) is 3.97. The smallest absolute Gasteiger partial charge is 0.342 e. The van der Waals surface area contributed by atoms with Crippen LogP contribution < -0.4 is 0 Å². The van der Waals surface area contributed by atoms with Gasteiger partial charge in [0, 0.05) is 5.56 Å². The second-order valence-electron chi connectivity index (χ2n) is 5.12. The van der Waals surface area contributed by atoms with Crippen molar-refractivity contribution in [1.29, 1.82) is 0 Å². The predicted molar refractivity (Wildman–Crippen MR) is 78.9 cm³/mol. The summed E-state index contributed by atoms with van der Waals surface area (Å²) in [7, 11) is 1.26. The normalized spacial score (nSPS) is 10.7. The van der Waals surface area contributed by atoms with E-state index in [9.17, 15) is 14.3 Å². The molecular formula is C17H17FO3. The van der Waals surface area contributed by atoms with Crippen molar-refractivity contribution in [3.8, 4) is 16.9 Å². The zero-order valence-corrected chi connectivity index (χ0v) is 12.2. The summed E-state index contributed by atoms with van der Waals surface area (Å²) in [5, 5.41) is 10.2. The molecule has 0 radical (unpaired) electrons. The lowest BCUT2D eigenvalue weighted by atomic mass is 9.92. The maximum Gasteiger partial charge on any atom is 0.342 e. The summed E-state index contributed by atoms with van der Waals surface area (Å²) in [5.41, 5.74) is 2.16. The van der Waals surface area contributed by atoms with Crippen LogP contribution in [0, 0.1) is 5.82 Å². The zero-order chi connectivity index (χ0) is 15.6. The Balaban J connectivity index is 2.70. The van der Waals surface area contributed by atoms with Gasteiger partial charge in [-0.2, -0.15) is 0 Å². The third-order valence-electron chi connectivity index (χ3n) is 3.35. The molecule has 1 N–H and O–H groups in total. The van der Waals surface area contributed by atoms with E-state index >= 15 is 0 Å². The molecule has 4 heteroatoms. The van der Waals surface area contributed by atoms with E-state index in [0.29, 0.717) is 11.1 Å². The predicted octanol–water partition coefficient (Wildman–Crippen LogP) is 4.11. The molecule has 21 heavy (non-hydrogen) atoms. The van der Waals surface area contributed by atoms with Crippen molar-refractivity contribution in [3.63, 3.8) is 0 Å². The van der Waals surface area contributed by atoms with Crippen LogP contribution in [0.15, 0.2) is 36.4 Å². The molecule has 0 amide bonds. The van der Waals surface area contributed by atoms with Crippen molar-refractivity contribution >= 4 is 5.97 Å². The van der Waals surface area contributed by atoms with Gasteiger partial charge in [-0.05, 0) is 41.3 Å². The Kier molecular flexibility index (Phi) is 4.26. The fraction of sp³-hybridized carbons (Fsp3) is 0.235. The van der Waals surface area contributed by atoms with Gasteiger partial charge in [-0.25, -0.2) is 9.18 Å². The Morgan fingerprint density at radius 2 is 1.81 bits per heavy atom. The van der Waals surface area contributed by atoms with Crippen LogP contribution in [0.2, 0.25) is 0 Å².